The van der Waals surface area contributed by atoms with Gasteiger partial charge in [-0.3, -0.25) is 0 Å². The molecule has 0 saturated carbocycles. The second-order valence-corrected chi connectivity index (χ2v) is 5.34. The van der Waals surface area contributed by atoms with E-state index in [-0.39, 0.29) is 0 Å². The van der Waals surface area contributed by atoms with Gasteiger partial charge in [0.15, 0.2) is 0 Å². The Kier molecular flexibility index (Phi) is 9.29. The Morgan fingerprint density at radius 3 is 2.25 bits per heavy atom. The minimum Gasteiger partial charge on any atom is -0.379 e. The van der Waals surface area contributed by atoms with E-state index >= 15 is 0 Å². The molecule has 0 unspecified atom stereocenters. The lowest BCUT2D eigenvalue weighted by Gasteiger charge is -2.09. The van der Waals surface area contributed by atoms with Crippen molar-refractivity contribution in [2.75, 3.05) is 26.4 Å². The van der Waals surface area contributed by atoms with Crippen LogP contribution in [0.3, 0.4) is 0 Å². The summed E-state index contributed by atoms with van der Waals surface area (Å²) in [6, 6.07) is 9.23. The summed E-state index contributed by atoms with van der Waals surface area (Å²) in [6.45, 7) is 10.3. The first-order valence-electron chi connectivity index (χ1n) is 7.69. The van der Waals surface area contributed by atoms with Crippen molar-refractivity contribution in [3.63, 3.8) is 0 Å². The van der Waals surface area contributed by atoms with Crippen LogP contribution in [0.25, 0.3) is 0 Å². The largest absolute Gasteiger partial charge is 0.379 e. The van der Waals surface area contributed by atoms with Gasteiger partial charge in [-0.25, -0.2) is 0 Å². The fourth-order valence-corrected chi connectivity index (χ4v) is 1.86. The van der Waals surface area contributed by atoms with E-state index in [2.05, 4.69) is 50.4 Å². The number of hydrogen-bond acceptors (Lipinski definition) is 3. The minimum atomic E-state index is 0.553. The summed E-state index contributed by atoms with van der Waals surface area (Å²) < 4.78 is 11.0. The van der Waals surface area contributed by atoms with Crippen molar-refractivity contribution in [2.24, 2.45) is 0 Å². The Bertz CT molecular complexity index is 335. The SMILES string of the molecule is CCCOCCOCc1ccc(CCNC(C)C)cc1. The summed E-state index contributed by atoms with van der Waals surface area (Å²) >= 11 is 0. The monoisotopic (exact) mass is 279 g/mol. The maximum absolute atomic E-state index is 5.58. The normalized spacial score (nSPS) is 11.2. The van der Waals surface area contributed by atoms with Crippen LogP contribution in [0.15, 0.2) is 24.3 Å². The van der Waals surface area contributed by atoms with Gasteiger partial charge in [0.05, 0.1) is 19.8 Å². The van der Waals surface area contributed by atoms with Gasteiger partial charge in [-0.2, -0.15) is 0 Å². The summed E-state index contributed by atoms with van der Waals surface area (Å²) in [5, 5.41) is 3.43. The predicted octanol–water partition coefficient (Wildman–Crippen LogP) is 3.17. The number of ether oxygens (including phenoxy) is 2. The lowest BCUT2D eigenvalue weighted by atomic mass is 10.1. The van der Waals surface area contributed by atoms with Crippen LogP contribution in [0.2, 0.25) is 0 Å². The third-order valence-corrected chi connectivity index (χ3v) is 2.98. The molecule has 114 valence electrons. The van der Waals surface area contributed by atoms with Crippen LogP contribution in [0.5, 0.6) is 0 Å². The van der Waals surface area contributed by atoms with E-state index in [0.717, 1.165) is 26.0 Å². The maximum Gasteiger partial charge on any atom is 0.0718 e. The highest BCUT2D eigenvalue weighted by atomic mass is 16.5. The van der Waals surface area contributed by atoms with E-state index in [0.29, 0.717) is 25.9 Å². The van der Waals surface area contributed by atoms with E-state index in [1.54, 1.807) is 0 Å². The molecule has 0 heterocycles. The van der Waals surface area contributed by atoms with Crippen molar-refractivity contribution in [1.82, 2.24) is 5.32 Å². The molecule has 0 aromatic heterocycles. The molecular weight excluding hydrogens is 250 g/mol. The van der Waals surface area contributed by atoms with Gasteiger partial charge in [0.2, 0.25) is 0 Å². The van der Waals surface area contributed by atoms with Crippen molar-refractivity contribution in [3.05, 3.63) is 35.4 Å². The second kappa shape index (κ2) is 10.8. The average molecular weight is 279 g/mol. The smallest absolute Gasteiger partial charge is 0.0718 e. The topological polar surface area (TPSA) is 30.5 Å². The van der Waals surface area contributed by atoms with Crippen LogP contribution in [-0.2, 0) is 22.5 Å². The highest BCUT2D eigenvalue weighted by Gasteiger charge is 1.97. The molecule has 0 fully saturated rings. The third kappa shape index (κ3) is 8.31. The van der Waals surface area contributed by atoms with Gasteiger partial charge in [0.25, 0.3) is 0 Å². The summed E-state index contributed by atoms with van der Waals surface area (Å²) in [6.07, 6.45) is 2.14. The molecule has 1 aromatic rings. The second-order valence-electron chi connectivity index (χ2n) is 5.34. The third-order valence-electron chi connectivity index (χ3n) is 2.98. The van der Waals surface area contributed by atoms with Crippen LogP contribution < -0.4 is 5.32 Å². The van der Waals surface area contributed by atoms with E-state index in [1.807, 2.05) is 0 Å². The average Bonchev–Trinajstić information content (AvgIpc) is 2.44. The number of benzene rings is 1. The van der Waals surface area contributed by atoms with Crippen molar-refractivity contribution < 1.29 is 9.47 Å². The summed E-state index contributed by atoms with van der Waals surface area (Å²) in [7, 11) is 0. The van der Waals surface area contributed by atoms with Gasteiger partial charge in [-0.15, -0.1) is 0 Å². The van der Waals surface area contributed by atoms with Gasteiger partial charge in [0.1, 0.15) is 0 Å². The maximum atomic E-state index is 5.58. The fourth-order valence-electron chi connectivity index (χ4n) is 1.86. The molecule has 0 bridgehead atoms. The zero-order chi connectivity index (χ0) is 14.6. The lowest BCUT2D eigenvalue weighted by Crippen LogP contribution is -2.24. The standard InChI is InChI=1S/C17H29NO2/c1-4-11-19-12-13-20-14-17-7-5-16(6-8-17)9-10-18-15(2)3/h5-8,15,18H,4,9-14H2,1-3H3. The van der Waals surface area contributed by atoms with E-state index in [1.165, 1.54) is 11.1 Å². The number of hydrogen-bond donors (Lipinski definition) is 1. The zero-order valence-corrected chi connectivity index (χ0v) is 13.2. The first kappa shape index (κ1) is 17.2. The summed E-state index contributed by atoms with van der Waals surface area (Å²) in [5.41, 5.74) is 2.59. The zero-order valence-electron chi connectivity index (χ0n) is 13.2. The van der Waals surface area contributed by atoms with Gasteiger partial charge in [-0.05, 0) is 30.5 Å². The predicted molar refractivity (Wildman–Crippen MR) is 84.1 cm³/mol. The molecule has 1 N–H and O–H groups in total. The van der Waals surface area contributed by atoms with Crippen LogP contribution >= 0.6 is 0 Å². The first-order chi connectivity index (χ1) is 9.72. The summed E-state index contributed by atoms with van der Waals surface area (Å²) in [5.74, 6) is 0. The molecule has 0 aliphatic heterocycles. The van der Waals surface area contributed by atoms with Crippen LogP contribution in [-0.4, -0.2) is 32.4 Å². The van der Waals surface area contributed by atoms with Crippen molar-refractivity contribution in [2.45, 2.75) is 46.3 Å². The Balaban J connectivity index is 2.15. The Morgan fingerprint density at radius 1 is 0.950 bits per heavy atom. The van der Waals surface area contributed by atoms with Crippen molar-refractivity contribution in [3.8, 4) is 0 Å². The highest BCUT2D eigenvalue weighted by Crippen LogP contribution is 2.06. The molecular formula is C17H29NO2. The fraction of sp³-hybridized carbons (Fsp3) is 0.647. The molecule has 0 spiro atoms. The molecule has 0 amide bonds. The van der Waals surface area contributed by atoms with Crippen LogP contribution in [0, 0.1) is 0 Å². The van der Waals surface area contributed by atoms with Gasteiger partial charge < -0.3 is 14.8 Å². The molecule has 0 aliphatic rings. The van der Waals surface area contributed by atoms with Gasteiger partial charge in [-0.1, -0.05) is 45.0 Å². The Labute approximate surface area is 123 Å². The Hall–Kier alpha value is -0.900. The van der Waals surface area contributed by atoms with Crippen molar-refractivity contribution in [1.29, 1.82) is 0 Å². The molecule has 1 rings (SSSR count). The molecule has 3 nitrogen and oxygen atoms in total. The highest BCUT2D eigenvalue weighted by molar-refractivity contribution is 5.22. The molecule has 0 atom stereocenters. The quantitative estimate of drug-likeness (QED) is 0.631. The number of rotatable bonds is 11. The molecule has 0 radical (unpaired) electrons. The molecule has 0 aliphatic carbocycles. The first-order valence-corrected chi connectivity index (χ1v) is 7.69. The minimum absolute atomic E-state index is 0.553. The summed E-state index contributed by atoms with van der Waals surface area (Å²) in [4.78, 5) is 0. The lowest BCUT2D eigenvalue weighted by molar-refractivity contribution is 0.0408. The number of nitrogens with one attached hydrogen (secondary N) is 1. The molecule has 1 aromatic carbocycles. The van der Waals surface area contributed by atoms with Crippen LogP contribution in [0.1, 0.15) is 38.3 Å². The van der Waals surface area contributed by atoms with E-state index in [4.69, 9.17) is 9.47 Å². The van der Waals surface area contributed by atoms with Crippen molar-refractivity contribution >= 4 is 0 Å². The molecule has 20 heavy (non-hydrogen) atoms. The molecule has 3 heteroatoms. The van der Waals surface area contributed by atoms with E-state index < -0.39 is 0 Å². The van der Waals surface area contributed by atoms with Crippen LogP contribution in [0.4, 0.5) is 0 Å². The molecule has 0 saturated heterocycles. The van der Waals surface area contributed by atoms with Gasteiger partial charge in [0, 0.05) is 12.6 Å². The van der Waals surface area contributed by atoms with E-state index in [9.17, 15) is 0 Å². The van der Waals surface area contributed by atoms with Gasteiger partial charge >= 0.3 is 0 Å². The Morgan fingerprint density at radius 2 is 1.60 bits per heavy atom.